The van der Waals surface area contributed by atoms with Crippen molar-refractivity contribution in [1.29, 1.82) is 0 Å². The smallest absolute Gasteiger partial charge is 0.226 e. The molecule has 0 fully saturated rings. The van der Waals surface area contributed by atoms with Gasteiger partial charge in [0.1, 0.15) is 5.82 Å². The number of amides is 1. The van der Waals surface area contributed by atoms with Gasteiger partial charge in [-0.05, 0) is 43.3 Å². The monoisotopic (exact) mass is 333 g/mol. The lowest BCUT2D eigenvalue weighted by molar-refractivity contribution is -0.115. The molecule has 5 heteroatoms. The van der Waals surface area contributed by atoms with Gasteiger partial charge in [0.25, 0.3) is 0 Å². The summed E-state index contributed by atoms with van der Waals surface area (Å²) < 4.78 is 0.989. The molecule has 0 spiro atoms. The number of nitrogens with one attached hydrogen (secondary N) is 2. The van der Waals surface area contributed by atoms with Crippen LogP contribution in [-0.4, -0.2) is 17.4 Å². The highest BCUT2D eigenvalue weighted by Crippen LogP contribution is 2.14. The molecule has 0 aliphatic carbocycles. The zero-order chi connectivity index (χ0) is 14.4. The molecule has 1 amide bonds. The first kappa shape index (κ1) is 14.5. The van der Waals surface area contributed by atoms with E-state index >= 15 is 0 Å². The Morgan fingerprint density at radius 2 is 1.95 bits per heavy atom. The molecule has 2 N–H and O–H groups in total. The molecule has 2 aromatic rings. The number of hydrogen-bond donors (Lipinski definition) is 2. The van der Waals surface area contributed by atoms with E-state index in [2.05, 4.69) is 31.5 Å². The van der Waals surface area contributed by atoms with Gasteiger partial charge in [0.05, 0.1) is 0 Å². The van der Waals surface area contributed by atoms with E-state index in [0.29, 0.717) is 13.0 Å². The van der Waals surface area contributed by atoms with Gasteiger partial charge in [-0.15, -0.1) is 0 Å². The molecular weight excluding hydrogens is 318 g/mol. The highest BCUT2D eigenvalue weighted by Gasteiger charge is 2.02. The van der Waals surface area contributed by atoms with Gasteiger partial charge < -0.3 is 10.6 Å². The number of nitrogens with zero attached hydrogens (tertiary/aromatic N) is 1. The number of benzene rings is 1. The molecule has 0 unspecified atom stereocenters. The summed E-state index contributed by atoms with van der Waals surface area (Å²) in [6, 6.07) is 13.3. The van der Waals surface area contributed by atoms with Gasteiger partial charge in [-0.25, -0.2) is 4.98 Å². The molecule has 4 nitrogen and oxygen atoms in total. The number of carbonyl (C=O) groups is 1. The van der Waals surface area contributed by atoms with Crippen molar-refractivity contribution in [3.8, 4) is 0 Å². The van der Waals surface area contributed by atoms with Crippen LogP contribution in [0.15, 0.2) is 46.9 Å². The Bertz CT molecular complexity index is 584. The highest BCUT2D eigenvalue weighted by atomic mass is 79.9. The summed E-state index contributed by atoms with van der Waals surface area (Å²) in [5.41, 5.74) is 1.75. The van der Waals surface area contributed by atoms with Crippen LogP contribution in [0.1, 0.15) is 12.1 Å². The maximum Gasteiger partial charge on any atom is 0.226 e. The molecule has 0 saturated carbocycles. The normalized spacial score (nSPS) is 10.1. The summed E-state index contributed by atoms with van der Waals surface area (Å²) >= 11 is 3.36. The molecule has 1 aromatic heterocycles. The molecule has 1 heterocycles. The third-order valence-corrected chi connectivity index (χ3v) is 3.20. The van der Waals surface area contributed by atoms with Crippen molar-refractivity contribution in [3.63, 3.8) is 0 Å². The molecule has 1 aromatic carbocycles. The lowest BCUT2D eigenvalue weighted by Crippen LogP contribution is -2.16. The molecule has 2 rings (SSSR count). The fraction of sp³-hybridized carbons (Fsp3) is 0.200. The van der Waals surface area contributed by atoms with Gasteiger partial charge in [-0.2, -0.15) is 0 Å². The van der Waals surface area contributed by atoms with Crippen LogP contribution < -0.4 is 10.6 Å². The van der Waals surface area contributed by atoms with E-state index in [0.717, 1.165) is 21.7 Å². The second-order valence-electron chi connectivity index (χ2n) is 4.40. The van der Waals surface area contributed by atoms with Crippen LogP contribution in [0.2, 0.25) is 0 Å². The summed E-state index contributed by atoms with van der Waals surface area (Å²) in [5, 5.41) is 5.98. The molecule has 0 bridgehead atoms. The van der Waals surface area contributed by atoms with Crippen molar-refractivity contribution in [2.75, 3.05) is 17.2 Å². The number of aromatic nitrogens is 1. The van der Waals surface area contributed by atoms with E-state index in [4.69, 9.17) is 0 Å². The minimum atomic E-state index is -0.0209. The summed E-state index contributed by atoms with van der Waals surface area (Å²) in [7, 11) is 0. The number of aryl methyl sites for hydroxylation is 1. The van der Waals surface area contributed by atoms with Crippen molar-refractivity contribution in [1.82, 2.24) is 4.98 Å². The first-order valence-electron chi connectivity index (χ1n) is 6.36. The second-order valence-corrected chi connectivity index (χ2v) is 5.31. The predicted molar refractivity (Wildman–Crippen MR) is 84.9 cm³/mol. The van der Waals surface area contributed by atoms with Gasteiger partial charge in [0.2, 0.25) is 5.91 Å². The Morgan fingerprint density at radius 1 is 1.20 bits per heavy atom. The van der Waals surface area contributed by atoms with Gasteiger partial charge in [0.15, 0.2) is 0 Å². The van der Waals surface area contributed by atoms with Crippen molar-refractivity contribution in [2.24, 2.45) is 0 Å². The minimum absolute atomic E-state index is 0.0209. The first-order valence-corrected chi connectivity index (χ1v) is 7.16. The van der Waals surface area contributed by atoms with Crippen LogP contribution in [0, 0.1) is 6.92 Å². The van der Waals surface area contributed by atoms with Crippen LogP contribution in [0.25, 0.3) is 0 Å². The number of pyridine rings is 1. The average Bonchev–Trinajstić information content (AvgIpc) is 2.41. The molecule has 104 valence electrons. The van der Waals surface area contributed by atoms with Crippen molar-refractivity contribution in [2.45, 2.75) is 13.3 Å². The zero-order valence-electron chi connectivity index (χ0n) is 11.2. The molecule has 0 atom stereocenters. The van der Waals surface area contributed by atoms with E-state index in [1.54, 1.807) is 0 Å². The number of halogens is 1. The van der Waals surface area contributed by atoms with Gasteiger partial charge >= 0.3 is 0 Å². The predicted octanol–water partition coefficient (Wildman–Crippen LogP) is 3.59. The topological polar surface area (TPSA) is 54.0 Å². The molecule has 0 aliphatic heterocycles. The van der Waals surface area contributed by atoms with Crippen LogP contribution >= 0.6 is 15.9 Å². The van der Waals surface area contributed by atoms with Gasteiger partial charge in [-0.1, -0.05) is 22.0 Å². The summed E-state index contributed by atoms with van der Waals surface area (Å²) in [4.78, 5) is 16.1. The maximum absolute atomic E-state index is 11.8. The Hall–Kier alpha value is -1.88. The van der Waals surface area contributed by atoms with E-state index in [9.17, 15) is 4.79 Å². The SMILES string of the molecule is Cc1cccc(NCCC(=O)Nc2ccc(Br)cc2)n1. The minimum Gasteiger partial charge on any atom is -0.370 e. The molecule has 20 heavy (non-hydrogen) atoms. The number of anilines is 2. The lowest BCUT2D eigenvalue weighted by Gasteiger charge is -2.07. The molecule has 0 aliphatic rings. The van der Waals surface area contributed by atoms with Crippen LogP contribution in [0.3, 0.4) is 0 Å². The third kappa shape index (κ3) is 4.66. The summed E-state index contributed by atoms with van der Waals surface area (Å²) in [6.07, 6.45) is 0.395. The van der Waals surface area contributed by atoms with Gasteiger partial charge in [-0.3, -0.25) is 4.79 Å². The number of hydrogen-bond acceptors (Lipinski definition) is 3. The molecule has 0 saturated heterocycles. The first-order chi connectivity index (χ1) is 9.63. The maximum atomic E-state index is 11.8. The van der Waals surface area contributed by atoms with Gasteiger partial charge in [0, 0.05) is 28.8 Å². The Labute approximate surface area is 126 Å². The Balaban J connectivity index is 1.76. The second kappa shape index (κ2) is 7.05. The van der Waals surface area contributed by atoms with E-state index in [-0.39, 0.29) is 5.91 Å². The fourth-order valence-electron chi connectivity index (χ4n) is 1.70. The Kier molecular flexibility index (Phi) is 5.12. The van der Waals surface area contributed by atoms with Crippen LogP contribution in [0.4, 0.5) is 11.5 Å². The Morgan fingerprint density at radius 3 is 2.65 bits per heavy atom. The summed E-state index contributed by atoms with van der Waals surface area (Å²) in [6.45, 7) is 2.49. The standard InChI is InChI=1S/C15H16BrN3O/c1-11-3-2-4-14(18-11)17-10-9-15(20)19-13-7-5-12(16)6-8-13/h2-8H,9-10H2,1H3,(H,17,18)(H,19,20). The van der Waals surface area contributed by atoms with E-state index in [1.165, 1.54) is 0 Å². The van der Waals surface area contributed by atoms with Crippen LogP contribution in [-0.2, 0) is 4.79 Å². The molecule has 0 radical (unpaired) electrons. The quantitative estimate of drug-likeness (QED) is 0.879. The number of carbonyl (C=O) groups excluding carboxylic acids is 1. The van der Waals surface area contributed by atoms with Crippen molar-refractivity contribution < 1.29 is 4.79 Å². The van der Waals surface area contributed by atoms with Crippen molar-refractivity contribution in [3.05, 3.63) is 52.6 Å². The largest absolute Gasteiger partial charge is 0.370 e. The van der Waals surface area contributed by atoms with Crippen LogP contribution in [0.5, 0.6) is 0 Å². The molecular formula is C15H16BrN3O. The third-order valence-electron chi connectivity index (χ3n) is 2.67. The number of rotatable bonds is 5. The lowest BCUT2D eigenvalue weighted by atomic mass is 10.3. The van der Waals surface area contributed by atoms with E-state index < -0.39 is 0 Å². The zero-order valence-corrected chi connectivity index (χ0v) is 12.8. The highest BCUT2D eigenvalue weighted by molar-refractivity contribution is 9.10. The summed E-state index contributed by atoms with van der Waals surface area (Å²) in [5.74, 6) is 0.772. The average molecular weight is 334 g/mol. The van der Waals surface area contributed by atoms with Crippen molar-refractivity contribution >= 4 is 33.3 Å². The van der Waals surface area contributed by atoms with E-state index in [1.807, 2.05) is 49.4 Å². The fourth-order valence-corrected chi connectivity index (χ4v) is 1.97.